The van der Waals surface area contributed by atoms with Crippen LogP contribution in [0, 0.1) is 10.8 Å². The van der Waals surface area contributed by atoms with E-state index in [-0.39, 0.29) is 16.7 Å². The number of carboxylic acid groups (broad SMARTS) is 1. The van der Waals surface area contributed by atoms with Crippen LogP contribution in [0.3, 0.4) is 0 Å². The van der Waals surface area contributed by atoms with Crippen molar-refractivity contribution in [3.8, 4) is 0 Å². The van der Waals surface area contributed by atoms with E-state index in [0.717, 1.165) is 36.8 Å². The third-order valence-electron chi connectivity index (χ3n) is 6.17. The number of hydrogen-bond donors (Lipinski definition) is 2. The lowest BCUT2D eigenvalue weighted by molar-refractivity contribution is 0.0708. The fourth-order valence-corrected chi connectivity index (χ4v) is 5.52. The second-order valence-corrected chi connectivity index (χ2v) is 9.52. The van der Waals surface area contributed by atoms with Crippen molar-refractivity contribution in [3.63, 3.8) is 0 Å². The van der Waals surface area contributed by atoms with E-state index in [1.807, 2.05) is 22.8 Å². The van der Waals surface area contributed by atoms with Gasteiger partial charge in [-0.1, -0.05) is 20.8 Å². The molecular weight excluding hydrogens is 356 g/mol. The second-order valence-electron chi connectivity index (χ2n) is 9.52. The van der Waals surface area contributed by atoms with Crippen LogP contribution >= 0.6 is 0 Å². The summed E-state index contributed by atoms with van der Waals surface area (Å²) in [6.07, 6.45) is 3.96. The smallest absolute Gasteiger partial charge is 0.404 e. The Balaban J connectivity index is 1.53. The van der Waals surface area contributed by atoms with Crippen molar-refractivity contribution in [1.82, 2.24) is 19.8 Å². The summed E-state index contributed by atoms with van der Waals surface area (Å²) in [5.41, 5.74) is 2.83. The van der Waals surface area contributed by atoms with Crippen molar-refractivity contribution in [2.24, 2.45) is 10.8 Å². The van der Waals surface area contributed by atoms with Crippen molar-refractivity contribution >= 4 is 23.0 Å². The number of hydrogen-bond acceptors (Lipinski definition) is 3. The molecule has 2 aromatic rings. The maximum absolute atomic E-state index is 13.3. The average molecular weight is 384 g/mol. The molecule has 0 radical (unpaired) electrons. The zero-order chi connectivity index (χ0) is 20.1. The summed E-state index contributed by atoms with van der Waals surface area (Å²) in [5.74, 6) is 0.0930. The first-order valence-corrected chi connectivity index (χ1v) is 9.89. The van der Waals surface area contributed by atoms with E-state index in [4.69, 9.17) is 5.11 Å². The van der Waals surface area contributed by atoms with Gasteiger partial charge in [-0.3, -0.25) is 4.79 Å². The molecule has 1 aliphatic heterocycles. The summed E-state index contributed by atoms with van der Waals surface area (Å²) < 4.78 is 1.89. The average Bonchev–Trinajstić information content (AvgIpc) is 3.10. The van der Waals surface area contributed by atoms with Gasteiger partial charge in [-0.2, -0.15) is 0 Å². The molecule has 28 heavy (non-hydrogen) atoms. The highest BCUT2D eigenvalue weighted by Crippen LogP contribution is 2.52. The molecular formula is C21H28N4O3. The molecule has 1 aromatic heterocycles. The number of carbonyl (C=O) groups excluding carboxylic acids is 1. The largest absolute Gasteiger partial charge is 0.465 e. The molecule has 1 saturated carbocycles. The highest BCUT2D eigenvalue weighted by molar-refractivity contribution is 5.97. The predicted octanol–water partition coefficient (Wildman–Crippen LogP) is 3.34. The lowest BCUT2D eigenvalue weighted by Gasteiger charge is -2.39. The summed E-state index contributed by atoms with van der Waals surface area (Å²) in [6.45, 7) is 8.56. The number of rotatable bonds is 4. The summed E-state index contributed by atoms with van der Waals surface area (Å²) >= 11 is 0. The van der Waals surface area contributed by atoms with E-state index >= 15 is 0 Å². The van der Waals surface area contributed by atoms with E-state index in [9.17, 15) is 9.59 Å². The minimum atomic E-state index is -1.04. The normalized spacial score (nSPS) is 25.8. The first-order valence-electron chi connectivity index (χ1n) is 9.89. The Morgan fingerprint density at radius 2 is 2.07 bits per heavy atom. The molecule has 2 fully saturated rings. The van der Waals surface area contributed by atoms with Crippen LogP contribution in [0.4, 0.5) is 4.79 Å². The Labute approximate surface area is 164 Å². The lowest BCUT2D eigenvalue weighted by atomic mass is 9.65. The van der Waals surface area contributed by atoms with Crippen molar-refractivity contribution < 1.29 is 14.7 Å². The number of nitrogens with zero attached hydrogens (tertiary/aromatic N) is 3. The molecule has 7 heteroatoms. The SMILES string of the molecule is CC1(C)CC2CC(C)(CN2C(=O)c2ccc3c(c2)ncn3CCNC(=O)O)C1. The van der Waals surface area contributed by atoms with E-state index in [2.05, 4.69) is 36.0 Å². The molecule has 7 nitrogen and oxygen atoms in total. The Kier molecular flexibility index (Phi) is 4.36. The Morgan fingerprint density at radius 1 is 1.29 bits per heavy atom. The minimum absolute atomic E-state index is 0.0930. The zero-order valence-corrected chi connectivity index (χ0v) is 16.7. The fraction of sp³-hybridized carbons (Fsp3) is 0.571. The van der Waals surface area contributed by atoms with Gasteiger partial charge in [0.1, 0.15) is 0 Å². The van der Waals surface area contributed by atoms with E-state index in [1.165, 1.54) is 0 Å². The number of amides is 2. The molecule has 2 unspecified atom stereocenters. The van der Waals surface area contributed by atoms with E-state index in [1.54, 1.807) is 6.33 Å². The van der Waals surface area contributed by atoms with Gasteiger partial charge < -0.3 is 19.9 Å². The van der Waals surface area contributed by atoms with E-state index < -0.39 is 6.09 Å². The van der Waals surface area contributed by atoms with Gasteiger partial charge in [-0.05, 0) is 48.3 Å². The Bertz CT molecular complexity index is 935. The van der Waals surface area contributed by atoms with Gasteiger partial charge >= 0.3 is 6.09 Å². The van der Waals surface area contributed by atoms with Gasteiger partial charge in [0.25, 0.3) is 5.91 Å². The molecule has 4 rings (SSSR count). The maximum atomic E-state index is 13.3. The first-order chi connectivity index (χ1) is 13.2. The van der Waals surface area contributed by atoms with Crippen LogP contribution in [0.15, 0.2) is 24.5 Å². The standard InChI is InChI=1S/C21H28N4O3/c1-20(2)9-15-10-21(3,11-20)12-25(15)18(26)14-4-5-17-16(8-14)23-13-24(17)7-6-22-19(27)28/h4-5,8,13,15,22H,6-7,9-12H2,1-3H3,(H,27,28). The molecule has 2 bridgehead atoms. The molecule has 1 saturated heterocycles. The summed E-state index contributed by atoms with van der Waals surface area (Å²) in [7, 11) is 0. The van der Waals surface area contributed by atoms with Gasteiger partial charge in [0, 0.05) is 31.2 Å². The van der Waals surface area contributed by atoms with Crippen LogP contribution in [0.25, 0.3) is 11.0 Å². The lowest BCUT2D eigenvalue weighted by Crippen LogP contribution is -2.37. The molecule has 2 atom stereocenters. The number of aromatic nitrogens is 2. The summed E-state index contributed by atoms with van der Waals surface area (Å²) in [4.78, 5) is 30.3. The quantitative estimate of drug-likeness (QED) is 0.846. The monoisotopic (exact) mass is 384 g/mol. The van der Waals surface area contributed by atoms with Crippen molar-refractivity contribution in [2.75, 3.05) is 13.1 Å². The zero-order valence-electron chi connectivity index (χ0n) is 16.7. The summed E-state index contributed by atoms with van der Waals surface area (Å²) in [6, 6.07) is 5.94. The van der Waals surface area contributed by atoms with Crippen molar-refractivity contribution in [3.05, 3.63) is 30.1 Å². The molecule has 2 aliphatic rings. The Morgan fingerprint density at radius 3 is 2.82 bits per heavy atom. The van der Waals surface area contributed by atoms with Crippen molar-refractivity contribution in [2.45, 2.75) is 52.6 Å². The predicted molar refractivity (Wildman–Crippen MR) is 106 cm³/mol. The maximum Gasteiger partial charge on any atom is 0.404 e. The molecule has 2 heterocycles. The number of carbonyl (C=O) groups is 2. The van der Waals surface area contributed by atoms with Gasteiger partial charge in [-0.15, -0.1) is 0 Å². The first kappa shape index (κ1) is 18.8. The van der Waals surface area contributed by atoms with Gasteiger partial charge in [0.2, 0.25) is 0 Å². The number of likely N-dealkylation sites (tertiary alicyclic amines) is 1. The van der Waals surface area contributed by atoms with Crippen LogP contribution in [0.1, 0.15) is 50.4 Å². The number of fused-ring (bicyclic) bond motifs is 3. The highest BCUT2D eigenvalue weighted by Gasteiger charge is 2.51. The van der Waals surface area contributed by atoms with Crippen LogP contribution in [0.5, 0.6) is 0 Å². The van der Waals surface area contributed by atoms with Crippen LogP contribution < -0.4 is 5.32 Å². The van der Waals surface area contributed by atoms with Crippen LogP contribution in [-0.4, -0.2) is 50.7 Å². The van der Waals surface area contributed by atoms with Gasteiger partial charge in [0.15, 0.2) is 0 Å². The number of imidazole rings is 1. The highest BCUT2D eigenvalue weighted by atomic mass is 16.4. The molecule has 150 valence electrons. The minimum Gasteiger partial charge on any atom is -0.465 e. The molecule has 1 aromatic carbocycles. The van der Waals surface area contributed by atoms with Gasteiger partial charge in [0.05, 0.1) is 17.4 Å². The third-order valence-corrected chi connectivity index (χ3v) is 6.17. The van der Waals surface area contributed by atoms with Crippen LogP contribution in [0.2, 0.25) is 0 Å². The summed E-state index contributed by atoms with van der Waals surface area (Å²) in [5, 5.41) is 11.0. The van der Waals surface area contributed by atoms with Crippen molar-refractivity contribution in [1.29, 1.82) is 0 Å². The number of nitrogens with one attached hydrogen (secondary N) is 1. The topological polar surface area (TPSA) is 87.5 Å². The molecule has 2 N–H and O–H groups in total. The molecule has 1 aliphatic carbocycles. The third kappa shape index (κ3) is 3.45. The molecule has 0 spiro atoms. The second kappa shape index (κ2) is 6.50. The molecule has 2 amide bonds. The fourth-order valence-electron chi connectivity index (χ4n) is 5.52. The van der Waals surface area contributed by atoms with Crippen LogP contribution in [-0.2, 0) is 6.54 Å². The van der Waals surface area contributed by atoms with E-state index in [0.29, 0.717) is 24.7 Å². The Hall–Kier alpha value is -2.57. The number of benzene rings is 1. The van der Waals surface area contributed by atoms with Gasteiger partial charge in [-0.25, -0.2) is 9.78 Å².